The highest BCUT2D eigenvalue weighted by atomic mass is 35.5. The van der Waals surface area contributed by atoms with Crippen LogP contribution in [0.15, 0.2) is 12.1 Å². The Morgan fingerprint density at radius 2 is 1.94 bits per heavy atom. The van der Waals surface area contributed by atoms with Gasteiger partial charge in [0.1, 0.15) is 0 Å². The van der Waals surface area contributed by atoms with Gasteiger partial charge in [-0.25, -0.2) is 0 Å². The van der Waals surface area contributed by atoms with E-state index < -0.39 is 18.5 Å². The molecular weight excluding hydrogens is 278 g/mol. The number of amides is 1. The van der Waals surface area contributed by atoms with Crippen LogP contribution in [-0.4, -0.2) is 12.1 Å². The molecule has 0 fully saturated rings. The molecule has 1 aromatic carbocycles. The summed E-state index contributed by atoms with van der Waals surface area (Å²) in [5.74, 6) is -0.925. The van der Waals surface area contributed by atoms with E-state index in [2.05, 4.69) is 0 Å². The summed E-state index contributed by atoms with van der Waals surface area (Å²) in [7, 11) is 0. The number of halogens is 5. The van der Waals surface area contributed by atoms with Crippen molar-refractivity contribution in [2.24, 2.45) is 5.73 Å². The Balaban J connectivity index is 3.08. The molecule has 93 valence electrons. The van der Waals surface area contributed by atoms with Crippen LogP contribution in [0, 0.1) is 6.42 Å². The van der Waals surface area contributed by atoms with Gasteiger partial charge in [-0.15, -0.1) is 0 Å². The number of carbonyl (C=O) groups excluding carboxylic acids is 1. The zero-order valence-corrected chi connectivity index (χ0v) is 9.83. The minimum absolute atomic E-state index is 0.0178. The smallest absolute Gasteiger partial charge is 0.366 e. The molecule has 0 saturated carbocycles. The summed E-state index contributed by atoms with van der Waals surface area (Å²) in [5, 5.41) is -0.0836. The summed E-state index contributed by atoms with van der Waals surface area (Å²) in [6.45, 7) is 0. The molecule has 2 N–H and O–H groups in total. The van der Waals surface area contributed by atoms with E-state index in [4.69, 9.17) is 28.9 Å². The van der Waals surface area contributed by atoms with Crippen molar-refractivity contribution in [3.05, 3.63) is 39.7 Å². The highest BCUT2D eigenvalue weighted by Gasteiger charge is 2.28. The second kappa shape index (κ2) is 5.14. The Morgan fingerprint density at radius 3 is 2.41 bits per heavy atom. The predicted octanol–water partition coefficient (Wildman–Crippen LogP) is 3.60. The van der Waals surface area contributed by atoms with Gasteiger partial charge in [-0.3, -0.25) is 4.79 Å². The van der Waals surface area contributed by atoms with Crippen LogP contribution in [0.1, 0.15) is 22.3 Å². The van der Waals surface area contributed by atoms with Gasteiger partial charge >= 0.3 is 6.18 Å². The summed E-state index contributed by atoms with van der Waals surface area (Å²) >= 11 is 11.4. The van der Waals surface area contributed by atoms with E-state index >= 15 is 0 Å². The molecule has 1 radical (unpaired) electrons. The minimum Gasteiger partial charge on any atom is -0.366 e. The third-order valence-corrected chi connectivity index (χ3v) is 2.73. The molecule has 1 aromatic rings. The second-order valence-electron chi connectivity index (χ2n) is 3.21. The Hall–Kier alpha value is -0.940. The number of benzene rings is 1. The molecule has 0 aromatic heterocycles. The van der Waals surface area contributed by atoms with E-state index in [0.29, 0.717) is 0 Å². The fraction of sp³-hybridized carbons (Fsp3) is 0.200. The summed E-state index contributed by atoms with van der Waals surface area (Å²) < 4.78 is 36.1. The molecule has 7 heteroatoms. The first-order valence-electron chi connectivity index (χ1n) is 4.40. The number of rotatable bonds is 3. The minimum atomic E-state index is -4.36. The van der Waals surface area contributed by atoms with Crippen molar-refractivity contribution in [3.8, 4) is 0 Å². The third kappa shape index (κ3) is 3.78. The van der Waals surface area contributed by atoms with Crippen molar-refractivity contribution in [1.29, 1.82) is 0 Å². The lowest BCUT2D eigenvalue weighted by Crippen LogP contribution is -2.16. The van der Waals surface area contributed by atoms with E-state index in [1.165, 1.54) is 12.1 Å². The first-order valence-corrected chi connectivity index (χ1v) is 5.15. The first kappa shape index (κ1) is 14.1. The van der Waals surface area contributed by atoms with Gasteiger partial charge in [0.05, 0.1) is 22.0 Å². The van der Waals surface area contributed by atoms with Crippen molar-refractivity contribution in [1.82, 2.24) is 0 Å². The molecule has 0 bridgehead atoms. The Morgan fingerprint density at radius 1 is 1.35 bits per heavy atom. The number of carbonyl (C=O) groups is 1. The second-order valence-corrected chi connectivity index (χ2v) is 4.00. The molecule has 2 nitrogen and oxygen atoms in total. The highest BCUT2D eigenvalue weighted by Crippen LogP contribution is 2.31. The van der Waals surface area contributed by atoms with Crippen molar-refractivity contribution >= 4 is 29.1 Å². The SMILES string of the molecule is NC(=O)c1c([CH]CC(F)(F)F)ccc(Cl)c1Cl. The molecule has 1 rings (SSSR count). The van der Waals surface area contributed by atoms with Gasteiger partial charge < -0.3 is 5.73 Å². The lowest BCUT2D eigenvalue weighted by Gasteiger charge is -2.11. The van der Waals surface area contributed by atoms with E-state index in [-0.39, 0.29) is 21.2 Å². The molecule has 17 heavy (non-hydrogen) atoms. The van der Waals surface area contributed by atoms with E-state index in [9.17, 15) is 18.0 Å². The van der Waals surface area contributed by atoms with Crippen molar-refractivity contribution in [2.75, 3.05) is 0 Å². The van der Waals surface area contributed by atoms with E-state index in [0.717, 1.165) is 6.42 Å². The Bertz CT molecular complexity index is 446. The third-order valence-electron chi connectivity index (χ3n) is 1.93. The van der Waals surface area contributed by atoms with E-state index in [1.54, 1.807) is 0 Å². The number of alkyl halides is 3. The Labute approximate surface area is 105 Å². The van der Waals surface area contributed by atoms with Crippen LogP contribution < -0.4 is 5.73 Å². The first-order chi connectivity index (χ1) is 7.72. The number of hydrogen-bond donors (Lipinski definition) is 1. The van der Waals surface area contributed by atoms with Gasteiger partial charge in [0, 0.05) is 6.42 Å². The van der Waals surface area contributed by atoms with Gasteiger partial charge in [0.2, 0.25) is 0 Å². The summed E-state index contributed by atoms with van der Waals surface area (Å²) in [4.78, 5) is 11.1. The zero-order valence-electron chi connectivity index (χ0n) is 8.31. The number of primary amides is 1. The van der Waals surface area contributed by atoms with Crippen LogP contribution in [0.2, 0.25) is 10.0 Å². The maximum absolute atomic E-state index is 12.0. The highest BCUT2D eigenvalue weighted by molar-refractivity contribution is 6.44. The van der Waals surface area contributed by atoms with E-state index in [1.807, 2.05) is 0 Å². The van der Waals surface area contributed by atoms with Gasteiger partial charge in [-0.2, -0.15) is 13.2 Å². The molecule has 0 atom stereocenters. The van der Waals surface area contributed by atoms with Gasteiger partial charge in [0.25, 0.3) is 5.91 Å². The molecule has 0 aliphatic rings. The largest absolute Gasteiger partial charge is 0.389 e. The molecule has 0 saturated heterocycles. The molecule has 0 unspecified atom stereocenters. The standard InChI is InChI=1S/C10H7Cl2F3NO/c11-6-2-1-5(3-4-10(13,14)15)7(8(6)12)9(16)17/h1-3H,4H2,(H2,16,17). The van der Waals surface area contributed by atoms with Crippen molar-refractivity contribution in [3.63, 3.8) is 0 Å². The lowest BCUT2D eigenvalue weighted by molar-refractivity contribution is -0.127. The lowest BCUT2D eigenvalue weighted by atomic mass is 10.0. The normalized spacial score (nSPS) is 11.6. The quantitative estimate of drug-likeness (QED) is 0.906. The van der Waals surface area contributed by atoms with Crippen LogP contribution in [-0.2, 0) is 0 Å². The molecule has 0 spiro atoms. The van der Waals surface area contributed by atoms with Gasteiger partial charge in [-0.1, -0.05) is 29.3 Å². The average molecular weight is 285 g/mol. The maximum Gasteiger partial charge on any atom is 0.389 e. The topological polar surface area (TPSA) is 43.1 Å². The van der Waals surface area contributed by atoms with Crippen molar-refractivity contribution in [2.45, 2.75) is 12.6 Å². The molecule has 0 aliphatic heterocycles. The molecule has 0 heterocycles. The van der Waals surface area contributed by atoms with Crippen LogP contribution in [0.3, 0.4) is 0 Å². The maximum atomic E-state index is 12.0. The molecular formula is C10H7Cl2F3NO. The fourth-order valence-corrected chi connectivity index (χ4v) is 1.63. The van der Waals surface area contributed by atoms with Crippen LogP contribution in [0.4, 0.5) is 13.2 Å². The average Bonchev–Trinajstić information content (AvgIpc) is 2.18. The number of nitrogens with two attached hydrogens (primary N) is 1. The zero-order chi connectivity index (χ0) is 13.2. The van der Waals surface area contributed by atoms with Gasteiger partial charge in [0.15, 0.2) is 0 Å². The van der Waals surface area contributed by atoms with Crippen LogP contribution in [0.5, 0.6) is 0 Å². The molecule has 1 amide bonds. The van der Waals surface area contributed by atoms with Crippen molar-refractivity contribution < 1.29 is 18.0 Å². The monoisotopic (exact) mass is 284 g/mol. The Kier molecular flexibility index (Phi) is 4.27. The van der Waals surface area contributed by atoms with Gasteiger partial charge in [-0.05, 0) is 11.6 Å². The van der Waals surface area contributed by atoms with Crippen LogP contribution in [0.25, 0.3) is 0 Å². The summed E-state index contributed by atoms with van der Waals surface area (Å²) in [6.07, 6.45) is -4.70. The number of hydrogen-bond acceptors (Lipinski definition) is 1. The fourth-order valence-electron chi connectivity index (χ4n) is 1.21. The summed E-state index contributed by atoms with van der Waals surface area (Å²) in [6, 6.07) is 2.57. The molecule has 0 aliphatic carbocycles. The predicted molar refractivity (Wildman–Crippen MR) is 59.1 cm³/mol. The van der Waals surface area contributed by atoms with Crippen LogP contribution >= 0.6 is 23.2 Å². The summed E-state index contributed by atoms with van der Waals surface area (Å²) in [5.41, 5.74) is 4.85.